The highest BCUT2D eigenvalue weighted by Gasteiger charge is 2.22. The van der Waals surface area contributed by atoms with E-state index in [2.05, 4.69) is 9.44 Å². The molecule has 0 radical (unpaired) electrons. The molecule has 0 unspecified atom stereocenters. The fraction of sp³-hybridized carbons (Fsp3) is 0.0952. The second-order valence-electron chi connectivity index (χ2n) is 7.01. The molecule has 0 saturated heterocycles. The molecule has 0 atom stereocenters. The van der Waals surface area contributed by atoms with Crippen molar-refractivity contribution in [2.75, 3.05) is 9.44 Å². The molecule has 32 heavy (non-hydrogen) atoms. The normalized spacial score (nSPS) is 11.7. The van der Waals surface area contributed by atoms with Gasteiger partial charge in [-0.25, -0.2) is 26.0 Å². The number of benzene rings is 3. The zero-order chi connectivity index (χ0) is 23.7. The van der Waals surface area contributed by atoms with Gasteiger partial charge in [0.15, 0.2) is 0 Å². The lowest BCUT2D eigenvalue weighted by Gasteiger charge is -2.14. The lowest BCUT2D eigenvalue weighted by Crippen LogP contribution is -2.17. The summed E-state index contributed by atoms with van der Waals surface area (Å²) in [5.74, 6) is -2.70. The van der Waals surface area contributed by atoms with Gasteiger partial charge in [-0.15, -0.1) is 0 Å². The minimum absolute atomic E-state index is 0.0681. The second kappa shape index (κ2) is 8.60. The van der Waals surface area contributed by atoms with Crippen LogP contribution in [-0.4, -0.2) is 27.9 Å². The maximum absolute atomic E-state index is 13.6. The molecule has 0 aliphatic heterocycles. The van der Waals surface area contributed by atoms with E-state index in [1.165, 1.54) is 12.1 Å². The Hall–Kier alpha value is -3.44. The molecule has 3 aromatic carbocycles. The van der Waals surface area contributed by atoms with E-state index in [4.69, 9.17) is 5.11 Å². The van der Waals surface area contributed by atoms with E-state index in [-0.39, 0.29) is 10.6 Å². The highest BCUT2D eigenvalue weighted by Crippen LogP contribution is 2.25. The second-order valence-corrected chi connectivity index (χ2v) is 10.3. The third-order valence-electron chi connectivity index (χ3n) is 4.48. The van der Waals surface area contributed by atoms with E-state index in [0.717, 1.165) is 23.8 Å². The first-order valence-corrected chi connectivity index (χ1v) is 12.1. The molecule has 0 saturated carbocycles. The standard InChI is InChI=1S/C21H19FN2O6S2/c1-13-4-3-5-15(10-13)24-32(29,30)20-11-16(7-6-14(20)2)23-31(27,28)17-8-9-19(22)18(12-17)21(25)26/h3-12,23-24H,1-2H3,(H,25,26). The maximum atomic E-state index is 13.6. The van der Waals surface area contributed by atoms with Crippen molar-refractivity contribution in [1.82, 2.24) is 0 Å². The van der Waals surface area contributed by atoms with Crippen LogP contribution in [0.1, 0.15) is 21.5 Å². The minimum Gasteiger partial charge on any atom is -0.478 e. The minimum atomic E-state index is -4.32. The van der Waals surface area contributed by atoms with Crippen molar-refractivity contribution in [1.29, 1.82) is 0 Å². The fourth-order valence-corrected chi connectivity index (χ4v) is 5.32. The Morgan fingerprint density at radius 2 is 1.50 bits per heavy atom. The zero-order valence-corrected chi connectivity index (χ0v) is 18.6. The number of aryl methyl sites for hydroxylation is 2. The summed E-state index contributed by atoms with van der Waals surface area (Å²) in [6, 6.07) is 13.0. The van der Waals surface area contributed by atoms with Crippen LogP contribution >= 0.6 is 0 Å². The number of nitrogens with one attached hydrogen (secondary N) is 2. The first-order valence-electron chi connectivity index (χ1n) is 9.15. The van der Waals surface area contributed by atoms with Crippen molar-refractivity contribution in [3.63, 3.8) is 0 Å². The van der Waals surface area contributed by atoms with Gasteiger partial charge in [0.2, 0.25) is 0 Å². The van der Waals surface area contributed by atoms with Crippen molar-refractivity contribution in [3.05, 3.63) is 83.2 Å². The average molecular weight is 479 g/mol. The molecule has 0 fully saturated rings. The number of anilines is 2. The Labute approximate surface area is 184 Å². The van der Waals surface area contributed by atoms with E-state index in [0.29, 0.717) is 17.3 Å². The van der Waals surface area contributed by atoms with Crippen LogP contribution < -0.4 is 9.44 Å². The summed E-state index contributed by atoms with van der Waals surface area (Å²) in [6.45, 7) is 3.37. The summed E-state index contributed by atoms with van der Waals surface area (Å²) in [4.78, 5) is 10.5. The Balaban J connectivity index is 1.95. The predicted octanol–water partition coefficient (Wildman–Crippen LogP) is 3.74. The molecule has 0 heterocycles. The number of carbonyl (C=O) groups is 1. The van der Waals surface area contributed by atoms with Gasteiger partial charge in [0.1, 0.15) is 5.82 Å². The third-order valence-corrected chi connectivity index (χ3v) is 7.38. The third kappa shape index (κ3) is 5.06. The molecule has 11 heteroatoms. The largest absolute Gasteiger partial charge is 0.478 e. The highest BCUT2D eigenvalue weighted by molar-refractivity contribution is 7.93. The van der Waals surface area contributed by atoms with E-state index < -0.39 is 42.3 Å². The maximum Gasteiger partial charge on any atom is 0.338 e. The van der Waals surface area contributed by atoms with Gasteiger partial charge in [-0.3, -0.25) is 9.44 Å². The summed E-state index contributed by atoms with van der Waals surface area (Å²) in [7, 11) is -8.36. The Kier molecular flexibility index (Phi) is 6.24. The number of carboxylic acids is 1. The molecular weight excluding hydrogens is 459 g/mol. The Morgan fingerprint density at radius 1 is 0.844 bits per heavy atom. The van der Waals surface area contributed by atoms with Gasteiger partial charge >= 0.3 is 5.97 Å². The topological polar surface area (TPSA) is 130 Å². The van der Waals surface area contributed by atoms with E-state index >= 15 is 0 Å². The van der Waals surface area contributed by atoms with E-state index in [1.54, 1.807) is 25.1 Å². The van der Waals surface area contributed by atoms with Crippen LogP contribution in [0.3, 0.4) is 0 Å². The van der Waals surface area contributed by atoms with Crippen molar-refractivity contribution in [3.8, 4) is 0 Å². The average Bonchev–Trinajstić information content (AvgIpc) is 2.68. The molecule has 0 aliphatic carbocycles. The fourth-order valence-electron chi connectivity index (χ4n) is 2.92. The molecule has 0 amide bonds. The molecule has 168 valence electrons. The highest BCUT2D eigenvalue weighted by atomic mass is 32.2. The van der Waals surface area contributed by atoms with Crippen LogP contribution in [0, 0.1) is 19.7 Å². The van der Waals surface area contributed by atoms with Gasteiger partial charge in [-0.2, -0.15) is 0 Å². The first-order chi connectivity index (χ1) is 14.9. The molecule has 0 aliphatic rings. The van der Waals surface area contributed by atoms with Gasteiger partial charge < -0.3 is 5.11 Å². The van der Waals surface area contributed by atoms with E-state index in [9.17, 15) is 26.0 Å². The molecule has 0 aromatic heterocycles. The van der Waals surface area contributed by atoms with Crippen molar-refractivity contribution in [2.24, 2.45) is 0 Å². The van der Waals surface area contributed by atoms with Gasteiger partial charge in [0.05, 0.1) is 21.0 Å². The summed E-state index contributed by atoms with van der Waals surface area (Å²) in [5.41, 5.74) is 0.707. The van der Waals surface area contributed by atoms with Crippen LogP contribution in [0.2, 0.25) is 0 Å². The van der Waals surface area contributed by atoms with Crippen LogP contribution in [0.25, 0.3) is 0 Å². The molecule has 3 rings (SSSR count). The monoisotopic (exact) mass is 478 g/mol. The van der Waals surface area contributed by atoms with Crippen LogP contribution in [0.4, 0.5) is 15.8 Å². The Bertz CT molecular complexity index is 1420. The summed E-state index contributed by atoms with van der Waals surface area (Å²) in [6.07, 6.45) is 0. The lowest BCUT2D eigenvalue weighted by molar-refractivity contribution is 0.0691. The lowest BCUT2D eigenvalue weighted by atomic mass is 10.2. The van der Waals surface area contributed by atoms with Gasteiger partial charge in [-0.05, 0) is 67.4 Å². The molecule has 0 bridgehead atoms. The summed E-state index contributed by atoms with van der Waals surface area (Å²) < 4.78 is 69.4. The number of hydrogen-bond donors (Lipinski definition) is 3. The van der Waals surface area contributed by atoms with Crippen LogP contribution in [0.15, 0.2) is 70.5 Å². The molecule has 3 aromatic rings. The zero-order valence-electron chi connectivity index (χ0n) is 17.0. The van der Waals surface area contributed by atoms with Gasteiger partial charge in [-0.1, -0.05) is 18.2 Å². The van der Waals surface area contributed by atoms with Crippen molar-refractivity contribution < 1.29 is 31.1 Å². The van der Waals surface area contributed by atoms with Crippen molar-refractivity contribution >= 4 is 37.4 Å². The number of rotatable bonds is 7. The predicted molar refractivity (Wildman–Crippen MR) is 117 cm³/mol. The SMILES string of the molecule is Cc1cccc(NS(=O)(=O)c2cc(NS(=O)(=O)c3ccc(F)c(C(=O)O)c3)ccc2C)c1. The van der Waals surface area contributed by atoms with E-state index in [1.807, 2.05) is 13.0 Å². The number of sulfonamides is 2. The number of carboxylic acid groups (broad SMARTS) is 1. The summed E-state index contributed by atoms with van der Waals surface area (Å²) >= 11 is 0. The molecular formula is C21H19FN2O6S2. The van der Waals surface area contributed by atoms with Gasteiger partial charge in [0.25, 0.3) is 20.0 Å². The molecule has 3 N–H and O–H groups in total. The van der Waals surface area contributed by atoms with Crippen LogP contribution in [-0.2, 0) is 20.0 Å². The van der Waals surface area contributed by atoms with Crippen molar-refractivity contribution in [2.45, 2.75) is 23.6 Å². The van der Waals surface area contributed by atoms with Crippen LogP contribution in [0.5, 0.6) is 0 Å². The Morgan fingerprint density at radius 3 is 2.16 bits per heavy atom. The number of aromatic carboxylic acids is 1. The van der Waals surface area contributed by atoms with Gasteiger partial charge in [0, 0.05) is 5.69 Å². The molecule has 0 spiro atoms. The smallest absolute Gasteiger partial charge is 0.338 e. The summed E-state index contributed by atoms with van der Waals surface area (Å²) in [5, 5.41) is 9.01. The number of hydrogen-bond acceptors (Lipinski definition) is 5. The molecule has 8 nitrogen and oxygen atoms in total. The number of halogens is 1. The first kappa shape index (κ1) is 23.2. The quantitative estimate of drug-likeness (QED) is 0.474.